The number of halogens is 7. The Hall–Kier alpha value is -11.8. The molecule has 36 nitrogen and oxygen atoms in total. The molecule has 0 unspecified atom stereocenters. The molecule has 16 rings (SSSR count). The van der Waals surface area contributed by atoms with E-state index in [1.54, 1.807) is 82.0 Å². The maximum atomic E-state index is 13.9. The standard InChI is InChI=1S/C20H27F2N9.C19H25F2N9.C18H23F2N9.C17H22BrN9/c1-5-23-17-14(20(4,21)22)12-24-18(28-17)27-16-11-15(29-30(16)13-7-6-8-13)19(2,3)31-25-9-10-26-31;1-5-22-16-13(19(4,20)21)11-23-17(27-16)26-15-10-14(28-29(15)12-6-7-12)18(2,3)30-24-8-9-25-30;1-17(2,29-23-7-8-24-29)13-9-14(28(27-13)11-5-6-11)25-16-22-10-12(18(3,19)20)15(21-4)26-16;1-4-19-15-12(18)10-20-16(24-15)23-14-9-13(25-26(14)11-5-6-11)17(2,3)27-21-7-8-22-27/h9-13H,5-8H2,1-4H3,(H2,23,24,27,28);8-12H,5-7H2,1-4H3,(H2,22,23,26,27);7-11H,5-6H2,1-4H3,(H2,21,22,25,26);7-11H,4-6H2,1-3H3,(H2,19,20,23,24). The second kappa shape index (κ2) is 33.4. The molecule has 12 aromatic heterocycles. The Kier molecular flexibility index (Phi) is 23.7. The third kappa shape index (κ3) is 18.9. The van der Waals surface area contributed by atoms with Crippen LogP contribution in [0.5, 0.6) is 0 Å². The van der Waals surface area contributed by atoms with Crippen LogP contribution < -0.4 is 42.5 Å². The highest BCUT2D eigenvalue weighted by Gasteiger charge is 2.40. The van der Waals surface area contributed by atoms with Gasteiger partial charge in [-0.2, -0.15) is 100 Å². The van der Waals surface area contributed by atoms with Gasteiger partial charge in [-0.1, -0.05) is 0 Å². The van der Waals surface area contributed by atoms with Gasteiger partial charge in [0.25, 0.3) is 17.8 Å². The predicted molar refractivity (Wildman–Crippen MR) is 430 cm³/mol. The highest BCUT2D eigenvalue weighted by Crippen LogP contribution is 2.45. The van der Waals surface area contributed by atoms with Gasteiger partial charge in [0.15, 0.2) is 0 Å². The van der Waals surface area contributed by atoms with E-state index in [2.05, 4.69) is 153 Å². The number of alkyl halides is 6. The molecule has 622 valence electrons. The molecule has 4 saturated carbocycles. The normalized spacial score (nSPS) is 14.8. The lowest BCUT2D eigenvalue weighted by atomic mass is 9.93. The molecule has 0 aromatic carbocycles. The van der Waals surface area contributed by atoms with Crippen LogP contribution in [0.4, 0.5) is 96.7 Å². The molecular weight excluding hydrogens is 1590 g/mol. The first-order valence-corrected chi connectivity index (χ1v) is 39.5. The number of nitrogens with one attached hydrogen (secondary N) is 8. The highest BCUT2D eigenvalue weighted by atomic mass is 79.9. The summed E-state index contributed by atoms with van der Waals surface area (Å²) in [7, 11) is 1.55. The SMILES string of the molecule is CCNc1nc(Nc2cc(C(C)(C)n3nccn3)nn2C2CC2)ncc1Br.CCNc1nc(Nc2cc(C(C)(C)n3nccn3)nn2C2CC2)ncc1C(C)(F)F.CCNc1nc(Nc2cc(C(C)(C)n3nccn3)nn2C2CCC2)ncc1C(C)(F)F.CNc1nc(Nc2cc(C(C)(C)n3nccn3)nn2C2CC2)ncc1C(C)(F)F. The summed E-state index contributed by atoms with van der Waals surface area (Å²) in [6.45, 7) is 25.9. The average molecular weight is 1680 g/mol. The minimum Gasteiger partial charge on any atom is -0.373 e. The topological polar surface area (TPSA) is 393 Å². The van der Waals surface area contributed by atoms with Crippen LogP contribution in [0.2, 0.25) is 0 Å². The molecule has 0 saturated heterocycles. The Morgan fingerprint density at radius 2 is 0.590 bits per heavy atom. The molecule has 4 fully saturated rings. The van der Waals surface area contributed by atoms with Crippen molar-refractivity contribution in [1.29, 1.82) is 0 Å². The molecule has 4 aliphatic rings. The minimum atomic E-state index is -3.04. The average Bonchev–Trinajstić information content (AvgIpc) is 1.64. The number of rotatable bonds is 30. The van der Waals surface area contributed by atoms with Crippen LogP contribution in [0.3, 0.4) is 0 Å². The quantitative estimate of drug-likeness (QED) is 0.0194. The van der Waals surface area contributed by atoms with Gasteiger partial charge in [-0.05, 0) is 150 Å². The van der Waals surface area contributed by atoms with Gasteiger partial charge in [0, 0.05) is 96.5 Å². The van der Waals surface area contributed by atoms with Gasteiger partial charge in [0.1, 0.15) is 68.7 Å². The van der Waals surface area contributed by atoms with Crippen molar-refractivity contribution < 1.29 is 26.3 Å². The van der Waals surface area contributed by atoms with E-state index in [0.717, 1.165) is 143 Å². The van der Waals surface area contributed by atoms with Crippen LogP contribution in [-0.4, -0.2) is 166 Å². The first-order chi connectivity index (χ1) is 55.6. The molecule has 117 heavy (non-hydrogen) atoms. The molecule has 8 N–H and O–H groups in total. The monoisotopic (exact) mass is 1680 g/mol. The van der Waals surface area contributed by atoms with Crippen molar-refractivity contribution in [1.82, 2.24) is 139 Å². The number of hydrogen-bond donors (Lipinski definition) is 8. The summed E-state index contributed by atoms with van der Waals surface area (Å²) in [5, 5.41) is 77.8. The first kappa shape index (κ1) is 83.1. The molecule has 4 aliphatic carbocycles. The highest BCUT2D eigenvalue weighted by molar-refractivity contribution is 9.10. The Morgan fingerprint density at radius 1 is 0.350 bits per heavy atom. The smallest absolute Gasteiger partial charge is 0.275 e. The van der Waals surface area contributed by atoms with Crippen LogP contribution in [0.15, 0.2) is 103 Å². The van der Waals surface area contributed by atoms with Crippen molar-refractivity contribution in [2.75, 3.05) is 69.2 Å². The lowest BCUT2D eigenvalue weighted by Gasteiger charge is -2.28. The van der Waals surface area contributed by atoms with Crippen LogP contribution in [0.25, 0.3) is 0 Å². The van der Waals surface area contributed by atoms with Gasteiger partial charge in [-0.25, -0.2) is 65.0 Å². The number of nitrogens with zero attached hydrogens (tertiary/aromatic N) is 28. The van der Waals surface area contributed by atoms with Gasteiger partial charge >= 0.3 is 0 Å². The second-order valence-electron chi connectivity index (χ2n) is 31.0. The third-order valence-electron chi connectivity index (χ3n) is 20.0. The summed E-state index contributed by atoms with van der Waals surface area (Å²) in [4.78, 5) is 40.5. The fourth-order valence-electron chi connectivity index (χ4n) is 12.5. The molecule has 0 aliphatic heterocycles. The zero-order chi connectivity index (χ0) is 83.6. The zero-order valence-corrected chi connectivity index (χ0v) is 69.3. The summed E-state index contributed by atoms with van der Waals surface area (Å²) in [5.74, 6) is -3.90. The molecule has 12 aromatic rings. The molecule has 0 radical (unpaired) electrons. The summed E-state index contributed by atoms with van der Waals surface area (Å²) in [6, 6.07) is 9.00. The molecule has 43 heteroatoms. The van der Waals surface area contributed by atoms with Crippen molar-refractivity contribution >= 4 is 86.3 Å². The number of hydrogen-bond acceptors (Lipinski definition) is 28. The molecule has 0 bridgehead atoms. The maximum absolute atomic E-state index is 13.9. The maximum Gasteiger partial charge on any atom is 0.275 e. The molecule has 12 heterocycles. The first-order valence-electron chi connectivity index (χ1n) is 38.7. The second-order valence-corrected chi connectivity index (χ2v) is 31.8. The summed E-state index contributed by atoms with van der Waals surface area (Å²) in [6.07, 6.45) is 27.9. The Balaban J connectivity index is 0.000000136. The van der Waals surface area contributed by atoms with Crippen molar-refractivity contribution in [3.05, 3.63) is 143 Å². The summed E-state index contributed by atoms with van der Waals surface area (Å²) in [5.41, 5.74) is 0.317. The van der Waals surface area contributed by atoms with Crippen LogP contribution in [0.1, 0.15) is 218 Å². The van der Waals surface area contributed by atoms with E-state index >= 15 is 0 Å². The van der Waals surface area contributed by atoms with Gasteiger partial charge in [-0.3, -0.25) is 0 Å². The lowest BCUT2D eigenvalue weighted by Crippen LogP contribution is -2.31. The van der Waals surface area contributed by atoms with Gasteiger partial charge in [-0.15, -0.1) is 0 Å². The van der Waals surface area contributed by atoms with E-state index in [9.17, 15) is 26.3 Å². The van der Waals surface area contributed by atoms with Gasteiger partial charge in [0.05, 0.1) is 118 Å². The van der Waals surface area contributed by atoms with E-state index in [0.29, 0.717) is 42.5 Å². The van der Waals surface area contributed by atoms with E-state index in [1.165, 1.54) is 0 Å². The van der Waals surface area contributed by atoms with Crippen LogP contribution in [-0.2, 0) is 39.9 Å². The molecule has 0 atom stereocenters. The van der Waals surface area contributed by atoms with Crippen molar-refractivity contribution in [2.45, 2.75) is 219 Å². The molecule has 0 amide bonds. The van der Waals surface area contributed by atoms with Crippen LogP contribution in [0, 0.1) is 0 Å². The zero-order valence-electron chi connectivity index (χ0n) is 67.7. The fraction of sp³-hybridized carbons (Fsp3) is 0.514. The van der Waals surface area contributed by atoms with Crippen molar-refractivity contribution in [3.63, 3.8) is 0 Å². The Morgan fingerprint density at radius 3 is 0.829 bits per heavy atom. The molecular formula is C74H97BrF6N36. The van der Waals surface area contributed by atoms with E-state index in [-0.39, 0.29) is 70.1 Å². The Bertz CT molecular complexity index is 5290. The minimum absolute atomic E-state index is 0.0776. The summed E-state index contributed by atoms with van der Waals surface area (Å²) >= 11 is 3.47. The number of aromatic nitrogens is 28. The van der Waals surface area contributed by atoms with Crippen molar-refractivity contribution in [2.24, 2.45) is 0 Å². The van der Waals surface area contributed by atoms with Gasteiger partial charge in [0.2, 0.25) is 23.8 Å². The van der Waals surface area contributed by atoms with E-state index in [1.807, 2.05) is 105 Å². The summed E-state index contributed by atoms with van der Waals surface area (Å²) < 4.78 is 91.7. The van der Waals surface area contributed by atoms with E-state index in [4.69, 9.17) is 20.4 Å². The number of anilines is 12. The van der Waals surface area contributed by atoms with E-state index < -0.39 is 39.9 Å². The van der Waals surface area contributed by atoms with Crippen LogP contribution >= 0.6 is 15.9 Å². The largest absolute Gasteiger partial charge is 0.373 e. The lowest BCUT2D eigenvalue weighted by molar-refractivity contribution is 0.0169. The fourth-order valence-corrected chi connectivity index (χ4v) is 12.9. The molecule has 0 spiro atoms. The third-order valence-corrected chi connectivity index (χ3v) is 20.6. The predicted octanol–water partition coefficient (Wildman–Crippen LogP) is 14.3. The van der Waals surface area contributed by atoms with Crippen molar-refractivity contribution in [3.8, 4) is 0 Å². The Labute approximate surface area is 679 Å². The van der Waals surface area contributed by atoms with Gasteiger partial charge < -0.3 is 42.5 Å².